The van der Waals surface area contributed by atoms with Crippen LogP contribution in [0.2, 0.25) is 0 Å². The molecule has 0 radical (unpaired) electrons. The molecule has 0 atom stereocenters. The lowest BCUT2D eigenvalue weighted by molar-refractivity contribution is 1.48. The first kappa shape index (κ1) is 23.4. The molecule has 0 bridgehead atoms. The van der Waals surface area contributed by atoms with E-state index in [2.05, 4.69) is 38.8 Å². The summed E-state index contributed by atoms with van der Waals surface area (Å²) in [6, 6.07) is 32.3. The molecule has 24 heavy (non-hydrogen) atoms. The summed E-state index contributed by atoms with van der Waals surface area (Å²) in [5.74, 6) is 0. The Morgan fingerprint density at radius 1 is 0.583 bits per heavy atom. The van der Waals surface area contributed by atoms with Crippen molar-refractivity contribution in [1.82, 2.24) is 0 Å². The van der Waals surface area contributed by atoms with Gasteiger partial charge in [0.15, 0.2) is 0 Å². The lowest BCUT2D eigenvalue weighted by atomic mass is 10.2. The van der Waals surface area contributed by atoms with Crippen LogP contribution in [0.3, 0.4) is 0 Å². The monoisotopic (exact) mass is 318 g/mol. The Morgan fingerprint density at radius 3 is 1.08 bits per heavy atom. The molecule has 0 aliphatic carbocycles. The molecule has 0 saturated heterocycles. The van der Waals surface area contributed by atoms with E-state index in [4.69, 9.17) is 0 Å². The van der Waals surface area contributed by atoms with Crippen LogP contribution < -0.4 is 0 Å². The Bertz CT molecular complexity index is 556. The summed E-state index contributed by atoms with van der Waals surface area (Å²) in [5.41, 5.74) is 2.50. The van der Waals surface area contributed by atoms with Gasteiger partial charge in [-0.15, -0.1) is 13.2 Å². The molecule has 3 aromatic rings. The number of aryl methyl sites for hydroxylation is 1. The number of benzene rings is 3. The minimum absolute atomic E-state index is 0. The normalized spacial score (nSPS) is 7.54. The molecule has 0 aliphatic heterocycles. The topological polar surface area (TPSA) is 0 Å². The van der Waals surface area contributed by atoms with E-state index >= 15 is 0 Å². The van der Waals surface area contributed by atoms with Crippen molar-refractivity contribution in [1.29, 1.82) is 0 Å². The second-order valence-electron chi connectivity index (χ2n) is 4.42. The maximum absolute atomic E-state index is 3.63. The molecule has 0 heteroatoms. The van der Waals surface area contributed by atoms with Gasteiger partial charge in [0.05, 0.1) is 0 Å². The predicted molar refractivity (Wildman–Crippen MR) is 112 cm³/mol. The van der Waals surface area contributed by atoms with Gasteiger partial charge in [0.1, 0.15) is 0 Å². The quantitative estimate of drug-likeness (QED) is 0.409. The molecule has 3 rings (SSSR count). The first-order valence-corrected chi connectivity index (χ1v) is 7.52. The lowest BCUT2D eigenvalue weighted by Gasteiger charge is -1.85. The van der Waals surface area contributed by atoms with Crippen LogP contribution in [-0.4, -0.2) is 0 Å². The van der Waals surface area contributed by atoms with Crippen LogP contribution in [-0.2, 0) is 0 Å². The van der Waals surface area contributed by atoms with Gasteiger partial charge in [-0.05, 0) is 12.5 Å². The van der Waals surface area contributed by atoms with Gasteiger partial charge < -0.3 is 0 Å². The van der Waals surface area contributed by atoms with Crippen molar-refractivity contribution in [2.24, 2.45) is 0 Å². The van der Waals surface area contributed by atoms with Crippen LogP contribution in [0, 0.1) is 6.92 Å². The van der Waals surface area contributed by atoms with Crippen LogP contribution in [0.5, 0.6) is 0 Å². The van der Waals surface area contributed by atoms with Gasteiger partial charge in [-0.25, -0.2) is 0 Å². The van der Waals surface area contributed by atoms with Gasteiger partial charge in [-0.2, -0.15) is 0 Å². The SMILES string of the molecule is C.C=C.C=Cc1ccccc1.Cc1ccccc1.c1ccccc1. The smallest absolute Gasteiger partial charge is 0.0263 e. The summed E-state index contributed by atoms with van der Waals surface area (Å²) < 4.78 is 0. The van der Waals surface area contributed by atoms with Gasteiger partial charge in [0.25, 0.3) is 0 Å². The molecule has 126 valence electrons. The maximum atomic E-state index is 3.63. The van der Waals surface area contributed by atoms with E-state index in [0.29, 0.717) is 0 Å². The number of hydrogen-bond donors (Lipinski definition) is 0. The Balaban J connectivity index is 0. The molecular weight excluding hydrogens is 288 g/mol. The molecule has 0 heterocycles. The van der Waals surface area contributed by atoms with Gasteiger partial charge >= 0.3 is 0 Å². The molecule has 0 N–H and O–H groups in total. The highest BCUT2D eigenvalue weighted by atomic mass is 13.8. The molecule has 0 aliphatic rings. The predicted octanol–water partition coefficient (Wildman–Crippen LogP) is 7.45. The third-order valence-corrected chi connectivity index (χ3v) is 2.64. The lowest BCUT2D eigenvalue weighted by Crippen LogP contribution is -1.63. The van der Waals surface area contributed by atoms with Crippen molar-refractivity contribution in [2.75, 3.05) is 0 Å². The van der Waals surface area contributed by atoms with E-state index in [1.54, 1.807) is 0 Å². The summed E-state index contributed by atoms with van der Waals surface area (Å²) in [5, 5.41) is 0. The highest BCUT2D eigenvalue weighted by Crippen LogP contribution is 1.97. The van der Waals surface area contributed by atoms with Crippen LogP contribution in [0.4, 0.5) is 0 Å². The minimum Gasteiger partial charge on any atom is -0.106 e. The zero-order chi connectivity index (χ0) is 17.2. The molecule has 0 spiro atoms. The summed E-state index contributed by atoms with van der Waals surface area (Å²) in [7, 11) is 0. The average Bonchev–Trinajstić information content (AvgIpc) is 2.67. The van der Waals surface area contributed by atoms with Crippen molar-refractivity contribution in [2.45, 2.75) is 14.4 Å². The number of rotatable bonds is 1. The Labute approximate surface area is 148 Å². The maximum Gasteiger partial charge on any atom is -0.0263 e. The molecule has 0 saturated carbocycles. The van der Waals surface area contributed by atoms with E-state index in [0.717, 1.165) is 0 Å². The first-order valence-electron chi connectivity index (χ1n) is 7.52. The molecule has 0 unspecified atom stereocenters. The summed E-state index contributed by atoms with van der Waals surface area (Å²) in [6.45, 7) is 11.7. The fourth-order valence-corrected chi connectivity index (χ4v) is 1.51. The van der Waals surface area contributed by atoms with Crippen LogP contribution in [0.1, 0.15) is 18.6 Å². The fourth-order valence-electron chi connectivity index (χ4n) is 1.51. The summed E-state index contributed by atoms with van der Waals surface area (Å²) in [4.78, 5) is 0. The van der Waals surface area contributed by atoms with Crippen molar-refractivity contribution in [3.63, 3.8) is 0 Å². The standard InChI is InChI=1S/C8H8.C7H8.C6H6.C2H4.CH4/c1-2-8-6-4-3-5-7-8;1-7-5-3-2-4-6-7;1-2-4-6-5-3-1;1-2;/h2-7H,1H2;2-6H,1H3;1-6H;1-2H2;1H4. The molecule has 3 aromatic carbocycles. The molecule has 0 fully saturated rings. The van der Waals surface area contributed by atoms with Crippen LogP contribution >= 0.6 is 0 Å². The zero-order valence-electron chi connectivity index (χ0n) is 13.9. The first-order chi connectivity index (χ1) is 11.3. The molecule has 0 amide bonds. The number of hydrogen-bond acceptors (Lipinski definition) is 0. The van der Waals surface area contributed by atoms with Crippen molar-refractivity contribution in [3.05, 3.63) is 128 Å². The molecular formula is C24H30. The third kappa shape index (κ3) is 14.1. The summed E-state index contributed by atoms with van der Waals surface area (Å²) in [6.07, 6.45) is 1.83. The van der Waals surface area contributed by atoms with Gasteiger partial charge in [0.2, 0.25) is 0 Å². The van der Waals surface area contributed by atoms with E-state index in [-0.39, 0.29) is 7.43 Å². The Hall–Kier alpha value is -2.86. The largest absolute Gasteiger partial charge is 0.106 e. The van der Waals surface area contributed by atoms with E-state index in [1.165, 1.54) is 11.1 Å². The highest BCUT2D eigenvalue weighted by Gasteiger charge is 1.75. The van der Waals surface area contributed by atoms with Gasteiger partial charge in [-0.1, -0.05) is 123 Å². The van der Waals surface area contributed by atoms with Gasteiger partial charge in [0, 0.05) is 0 Å². The highest BCUT2D eigenvalue weighted by molar-refractivity contribution is 5.45. The van der Waals surface area contributed by atoms with Crippen molar-refractivity contribution < 1.29 is 0 Å². The third-order valence-electron chi connectivity index (χ3n) is 2.64. The van der Waals surface area contributed by atoms with Crippen LogP contribution in [0.25, 0.3) is 6.08 Å². The fraction of sp³-hybridized carbons (Fsp3) is 0.0833. The van der Waals surface area contributed by atoms with Crippen molar-refractivity contribution >= 4 is 6.08 Å². The van der Waals surface area contributed by atoms with E-state index < -0.39 is 0 Å². The van der Waals surface area contributed by atoms with Crippen LogP contribution in [0.15, 0.2) is 117 Å². The van der Waals surface area contributed by atoms with E-state index in [9.17, 15) is 0 Å². The van der Waals surface area contributed by atoms with Crippen molar-refractivity contribution in [3.8, 4) is 0 Å². The molecule has 0 nitrogen and oxygen atoms in total. The Morgan fingerprint density at radius 2 is 0.875 bits per heavy atom. The molecule has 0 aromatic heterocycles. The summed E-state index contributed by atoms with van der Waals surface area (Å²) >= 11 is 0. The van der Waals surface area contributed by atoms with Gasteiger partial charge in [-0.3, -0.25) is 0 Å². The zero-order valence-corrected chi connectivity index (χ0v) is 13.9. The minimum atomic E-state index is 0. The second-order valence-corrected chi connectivity index (χ2v) is 4.42. The van der Waals surface area contributed by atoms with E-state index in [1.807, 2.05) is 91.0 Å². The Kier molecular flexibility index (Phi) is 17.7. The second kappa shape index (κ2) is 18.2. The average molecular weight is 319 g/mol.